The molecule has 0 bridgehead atoms. The minimum Gasteiger partial charge on any atom is -0.339 e. The molecule has 1 aliphatic carbocycles. The van der Waals surface area contributed by atoms with Crippen molar-refractivity contribution in [3.63, 3.8) is 0 Å². The van der Waals surface area contributed by atoms with Gasteiger partial charge in [-0.1, -0.05) is 5.16 Å². The quantitative estimate of drug-likeness (QED) is 0.776. The molecule has 0 N–H and O–H groups in total. The summed E-state index contributed by atoms with van der Waals surface area (Å²) in [7, 11) is 0. The fraction of sp³-hybridized carbons (Fsp3) is 0.625. The van der Waals surface area contributed by atoms with Crippen molar-refractivity contribution in [1.82, 2.24) is 10.1 Å². The highest BCUT2D eigenvalue weighted by atomic mass is 19.4. The Hall–Kier alpha value is -1.40. The normalized spacial score (nSPS) is 16.7. The average Bonchev–Trinajstić information content (AvgIpc) is 2.86. The number of hydrogen-bond acceptors (Lipinski definition) is 4. The van der Waals surface area contributed by atoms with Crippen LogP contribution in [-0.2, 0) is 17.4 Å². The number of Topliss-reactive ketones (excluding diaryl/α,β-unsaturated/α-hetero) is 1. The molecule has 0 radical (unpaired) electrons. The predicted molar refractivity (Wildman–Crippen MR) is 40.7 cm³/mol. The lowest BCUT2D eigenvalue weighted by molar-refractivity contribution is -0.146. The zero-order valence-electron chi connectivity index (χ0n) is 7.54. The van der Waals surface area contributed by atoms with Gasteiger partial charge >= 0.3 is 6.18 Å². The van der Waals surface area contributed by atoms with Gasteiger partial charge in [0.2, 0.25) is 5.89 Å². The van der Waals surface area contributed by atoms with E-state index in [1.54, 1.807) is 0 Å². The first-order valence-corrected chi connectivity index (χ1v) is 4.39. The van der Waals surface area contributed by atoms with E-state index in [-0.39, 0.29) is 24.0 Å². The van der Waals surface area contributed by atoms with Gasteiger partial charge in [-0.15, -0.1) is 0 Å². The number of alkyl halides is 3. The van der Waals surface area contributed by atoms with Crippen LogP contribution in [0.2, 0.25) is 0 Å². The zero-order chi connectivity index (χ0) is 11.1. The van der Waals surface area contributed by atoms with Gasteiger partial charge < -0.3 is 4.52 Å². The molecule has 0 atom stereocenters. The van der Waals surface area contributed by atoms with Gasteiger partial charge in [0.1, 0.15) is 5.78 Å². The second-order valence-corrected chi connectivity index (χ2v) is 3.43. The Labute approximate surface area is 82.5 Å². The van der Waals surface area contributed by atoms with E-state index in [0.29, 0.717) is 0 Å². The van der Waals surface area contributed by atoms with Crippen molar-refractivity contribution in [1.29, 1.82) is 0 Å². The lowest BCUT2D eigenvalue weighted by atomic mass is 10.2. The van der Waals surface area contributed by atoms with Crippen LogP contribution in [0.1, 0.15) is 24.6 Å². The predicted octanol–water partition coefficient (Wildman–Crippen LogP) is 1.61. The molecule has 2 rings (SSSR count). The molecule has 82 valence electrons. The Balaban J connectivity index is 2.03. The van der Waals surface area contributed by atoms with Gasteiger partial charge in [0.25, 0.3) is 5.82 Å². The SMILES string of the molecule is O=C(Cc1nc(C(F)(F)F)no1)C1CC1. The molecule has 1 saturated carbocycles. The third-order valence-electron chi connectivity index (χ3n) is 2.08. The fourth-order valence-corrected chi connectivity index (χ4v) is 1.14. The van der Waals surface area contributed by atoms with Gasteiger partial charge in [-0.25, -0.2) is 0 Å². The summed E-state index contributed by atoms with van der Waals surface area (Å²) >= 11 is 0. The maximum Gasteiger partial charge on any atom is 0.455 e. The summed E-state index contributed by atoms with van der Waals surface area (Å²) in [4.78, 5) is 14.3. The van der Waals surface area contributed by atoms with E-state index < -0.39 is 12.0 Å². The van der Waals surface area contributed by atoms with Gasteiger partial charge in [0.15, 0.2) is 0 Å². The smallest absolute Gasteiger partial charge is 0.339 e. The topological polar surface area (TPSA) is 56.0 Å². The average molecular weight is 220 g/mol. The molecule has 0 spiro atoms. The molecular formula is C8H7F3N2O2. The Morgan fingerprint density at radius 3 is 2.60 bits per heavy atom. The molecular weight excluding hydrogens is 213 g/mol. The van der Waals surface area contributed by atoms with Crippen LogP contribution in [0, 0.1) is 5.92 Å². The number of hydrogen-bond donors (Lipinski definition) is 0. The van der Waals surface area contributed by atoms with E-state index in [2.05, 4.69) is 14.7 Å². The number of ketones is 1. The van der Waals surface area contributed by atoms with Crippen LogP contribution in [0.25, 0.3) is 0 Å². The molecule has 0 aromatic carbocycles. The molecule has 1 aromatic rings. The van der Waals surface area contributed by atoms with Crippen molar-refractivity contribution >= 4 is 5.78 Å². The third-order valence-corrected chi connectivity index (χ3v) is 2.08. The van der Waals surface area contributed by atoms with E-state index in [0.717, 1.165) is 12.8 Å². The van der Waals surface area contributed by atoms with E-state index >= 15 is 0 Å². The van der Waals surface area contributed by atoms with Gasteiger partial charge in [-0.2, -0.15) is 18.2 Å². The van der Waals surface area contributed by atoms with Gasteiger partial charge in [-0.3, -0.25) is 4.79 Å². The largest absolute Gasteiger partial charge is 0.455 e. The second kappa shape index (κ2) is 3.32. The van der Waals surface area contributed by atoms with E-state index in [1.165, 1.54) is 0 Å². The van der Waals surface area contributed by atoms with Crippen LogP contribution < -0.4 is 0 Å². The number of halogens is 3. The third kappa shape index (κ3) is 2.34. The van der Waals surface area contributed by atoms with Crippen LogP contribution in [0.3, 0.4) is 0 Å². The summed E-state index contributed by atoms with van der Waals surface area (Å²) in [5, 5.41) is 2.76. The lowest BCUT2D eigenvalue weighted by Gasteiger charge is -1.96. The van der Waals surface area contributed by atoms with Crippen molar-refractivity contribution in [3.05, 3.63) is 11.7 Å². The maximum atomic E-state index is 12.0. The minimum absolute atomic E-state index is 0.0220. The summed E-state index contributed by atoms with van der Waals surface area (Å²) in [5.41, 5.74) is 0. The van der Waals surface area contributed by atoms with Gasteiger partial charge in [0.05, 0.1) is 6.42 Å². The molecule has 0 unspecified atom stereocenters. The first kappa shape index (κ1) is 10.1. The molecule has 0 aliphatic heterocycles. The van der Waals surface area contributed by atoms with E-state index in [9.17, 15) is 18.0 Å². The molecule has 1 fully saturated rings. The first-order chi connectivity index (χ1) is 6.97. The van der Waals surface area contributed by atoms with Crippen molar-refractivity contribution in [2.75, 3.05) is 0 Å². The minimum atomic E-state index is -4.62. The molecule has 15 heavy (non-hydrogen) atoms. The van der Waals surface area contributed by atoms with Crippen molar-refractivity contribution in [3.8, 4) is 0 Å². The van der Waals surface area contributed by atoms with Crippen molar-refractivity contribution in [2.24, 2.45) is 5.92 Å². The highest BCUT2D eigenvalue weighted by Gasteiger charge is 2.38. The highest BCUT2D eigenvalue weighted by Crippen LogP contribution is 2.31. The zero-order valence-corrected chi connectivity index (χ0v) is 7.54. The molecule has 7 heteroatoms. The Kier molecular flexibility index (Phi) is 2.24. The van der Waals surface area contributed by atoms with Crippen LogP contribution >= 0.6 is 0 Å². The van der Waals surface area contributed by atoms with E-state index in [4.69, 9.17) is 0 Å². The molecule has 4 nitrogen and oxygen atoms in total. The first-order valence-electron chi connectivity index (χ1n) is 4.39. The summed E-state index contributed by atoms with van der Waals surface area (Å²) < 4.78 is 40.5. The van der Waals surface area contributed by atoms with Crippen molar-refractivity contribution in [2.45, 2.75) is 25.4 Å². The molecule has 1 aliphatic rings. The molecule has 1 aromatic heterocycles. The molecule has 0 amide bonds. The number of nitrogens with zero attached hydrogens (tertiary/aromatic N) is 2. The Bertz CT molecular complexity index is 381. The van der Waals surface area contributed by atoms with Gasteiger partial charge in [-0.05, 0) is 12.8 Å². The van der Waals surface area contributed by atoms with E-state index in [1.807, 2.05) is 0 Å². The monoisotopic (exact) mass is 220 g/mol. The summed E-state index contributed by atoms with van der Waals surface area (Å²) in [6.07, 6.45) is -3.21. The number of rotatable bonds is 3. The maximum absolute atomic E-state index is 12.0. The highest BCUT2D eigenvalue weighted by molar-refractivity contribution is 5.84. The fourth-order valence-electron chi connectivity index (χ4n) is 1.14. The number of aromatic nitrogens is 2. The Morgan fingerprint density at radius 2 is 2.13 bits per heavy atom. The number of carbonyl (C=O) groups is 1. The molecule has 0 saturated heterocycles. The van der Waals surface area contributed by atoms with Crippen LogP contribution in [0.4, 0.5) is 13.2 Å². The number of carbonyl (C=O) groups excluding carboxylic acids is 1. The Morgan fingerprint density at radius 1 is 1.47 bits per heavy atom. The van der Waals surface area contributed by atoms with Crippen molar-refractivity contribution < 1.29 is 22.5 Å². The van der Waals surface area contributed by atoms with Crippen LogP contribution in [0.15, 0.2) is 4.52 Å². The van der Waals surface area contributed by atoms with Gasteiger partial charge in [0, 0.05) is 5.92 Å². The van der Waals surface area contributed by atoms with Crippen LogP contribution in [0.5, 0.6) is 0 Å². The lowest BCUT2D eigenvalue weighted by Crippen LogP contribution is -2.09. The summed E-state index contributed by atoms with van der Waals surface area (Å²) in [5.74, 6) is -1.75. The summed E-state index contributed by atoms with van der Waals surface area (Å²) in [6.45, 7) is 0. The standard InChI is InChI=1S/C8H7F3N2O2/c9-8(10,11)7-12-6(15-13-7)3-5(14)4-1-2-4/h4H,1-3H2. The second-order valence-electron chi connectivity index (χ2n) is 3.43. The molecule has 1 heterocycles. The van der Waals surface area contributed by atoms with Crippen LogP contribution in [-0.4, -0.2) is 15.9 Å². The summed E-state index contributed by atoms with van der Waals surface area (Å²) in [6, 6.07) is 0.